The van der Waals surface area contributed by atoms with Crippen LogP contribution in [0.3, 0.4) is 0 Å². The molecule has 0 radical (unpaired) electrons. The van der Waals surface area contributed by atoms with Crippen molar-refractivity contribution in [3.05, 3.63) is 34.5 Å². The first-order valence-corrected chi connectivity index (χ1v) is 8.05. The number of carbonyl (C=O) groups excluding carboxylic acids is 3. The van der Waals surface area contributed by atoms with Crippen molar-refractivity contribution in [3.8, 4) is 0 Å². The Morgan fingerprint density at radius 1 is 1.21 bits per heavy atom. The molecule has 2 saturated heterocycles. The SMILES string of the molecule is O=C1CCC([N+]2([O-])Cc3c(NC4CNC4)cccc3C2=O)C(=O)N1. The second-order valence-corrected chi connectivity index (χ2v) is 6.56. The minimum Gasteiger partial charge on any atom is -0.624 e. The summed E-state index contributed by atoms with van der Waals surface area (Å²) in [5.74, 6) is -1.65. The van der Waals surface area contributed by atoms with Crippen LogP contribution in [0.25, 0.3) is 0 Å². The number of hydrogen-bond donors (Lipinski definition) is 3. The van der Waals surface area contributed by atoms with Crippen molar-refractivity contribution >= 4 is 23.4 Å². The van der Waals surface area contributed by atoms with E-state index in [-0.39, 0.29) is 25.4 Å². The van der Waals surface area contributed by atoms with Crippen LogP contribution in [0.2, 0.25) is 0 Å². The summed E-state index contributed by atoms with van der Waals surface area (Å²) in [6.07, 6.45) is 0.185. The minimum atomic E-state index is -1.24. The number of piperidine rings is 1. The zero-order valence-corrected chi connectivity index (χ0v) is 13.0. The van der Waals surface area contributed by atoms with Crippen LogP contribution in [-0.2, 0) is 16.1 Å². The standard InChI is InChI=1S/C16H18N4O4/c21-14-5-4-13(15(22)19-14)20(24)8-11-10(16(20)23)2-1-3-12(11)18-9-6-17-7-9/h1-3,9,13,17-18H,4-8H2,(H,19,21,22). The molecule has 1 aromatic rings. The van der Waals surface area contributed by atoms with E-state index in [9.17, 15) is 19.6 Å². The Kier molecular flexibility index (Phi) is 3.41. The number of nitrogens with zero attached hydrogens (tertiary/aromatic N) is 1. The zero-order chi connectivity index (χ0) is 16.9. The van der Waals surface area contributed by atoms with Gasteiger partial charge in [0.2, 0.25) is 5.91 Å². The number of hydrogen-bond acceptors (Lipinski definition) is 6. The third-order valence-electron chi connectivity index (χ3n) is 5.00. The fourth-order valence-corrected chi connectivity index (χ4v) is 3.55. The summed E-state index contributed by atoms with van der Waals surface area (Å²) in [6.45, 7) is 1.59. The number of rotatable bonds is 3. The average molecular weight is 330 g/mol. The van der Waals surface area contributed by atoms with Gasteiger partial charge in [0.1, 0.15) is 6.54 Å². The molecule has 3 aliphatic heterocycles. The number of nitrogens with one attached hydrogen (secondary N) is 3. The van der Waals surface area contributed by atoms with E-state index in [1.807, 2.05) is 6.07 Å². The fraction of sp³-hybridized carbons (Fsp3) is 0.438. The van der Waals surface area contributed by atoms with Crippen molar-refractivity contribution in [2.45, 2.75) is 31.5 Å². The lowest BCUT2D eigenvalue weighted by Crippen LogP contribution is -2.60. The van der Waals surface area contributed by atoms with Crippen LogP contribution in [0.4, 0.5) is 5.69 Å². The smallest absolute Gasteiger partial charge is 0.347 e. The molecule has 8 heteroatoms. The van der Waals surface area contributed by atoms with Gasteiger partial charge < -0.3 is 15.8 Å². The molecule has 3 N–H and O–H groups in total. The Hall–Kier alpha value is -2.29. The van der Waals surface area contributed by atoms with Crippen molar-refractivity contribution in [3.63, 3.8) is 0 Å². The summed E-state index contributed by atoms with van der Waals surface area (Å²) >= 11 is 0. The van der Waals surface area contributed by atoms with Crippen molar-refractivity contribution in [2.75, 3.05) is 18.4 Å². The Bertz CT molecular complexity index is 746. The molecule has 0 spiro atoms. The van der Waals surface area contributed by atoms with Crippen LogP contribution in [0, 0.1) is 5.21 Å². The first kappa shape index (κ1) is 15.3. The highest BCUT2D eigenvalue weighted by Gasteiger charge is 2.50. The first-order chi connectivity index (χ1) is 11.5. The van der Waals surface area contributed by atoms with Crippen LogP contribution < -0.4 is 16.0 Å². The maximum absolute atomic E-state index is 13.3. The first-order valence-electron chi connectivity index (χ1n) is 8.05. The molecule has 2 atom stereocenters. The van der Waals surface area contributed by atoms with Crippen LogP contribution >= 0.6 is 0 Å². The molecule has 3 amide bonds. The van der Waals surface area contributed by atoms with Gasteiger partial charge in [-0.05, 0) is 12.1 Å². The van der Waals surface area contributed by atoms with Gasteiger partial charge in [-0.1, -0.05) is 6.07 Å². The molecule has 0 aromatic heterocycles. The topological polar surface area (TPSA) is 110 Å². The maximum atomic E-state index is 13.3. The summed E-state index contributed by atoms with van der Waals surface area (Å²) < 4.78 is -1.24. The summed E-state index contributed by atoms with van der Waals surface area (Å²) in [4.78, 5) is 36.1. The number of anilines is 1. The minimum absolute atomic E-state index is 0.0796. The van der Waals surface area contributed by atoms with E-state index >= 15 is 0 Å². The van der Waals surface area contributed by atoms with E-state index in [1.54, 1.807) is 12.1 Å². The molecular formula is C16H18N4O4. The monoisotopic (exact) mass is 330 g/mol. The van der Waals surface area contributed by atoms with Gasteiger partial charge in [-0.15, -0.1) is 0 Å². The number of quaternary nitrogens is 1. The molecule has 3 aliphatic rings. The number of amides is 3. The molecule has 0 aliphatic carbocycles. The lowest BCUT2D eigenvalue weighted by atomic mass is 10.0. The molecule has 24 heavy (non-hydrogen) atoms. The molecule has 3 heterocycles. The lowest BCUT2D eigenvalue weighted by Gasteiger charge is -2.42. The Morgan fingerprint density at radius 2 is 2.00 bits per heavy atom. The highest BCUT2D eigenvalue weighted by atomic mass is 16.6. The molecular weight excluding hydrogens is 312 g/mol. The van der Waals surface area contributed by atoms with E-state index in [2.05, 4.69) is 16.0 Å². The largest absolute Gasteiger partial charge is 0.624 e. The highest BCUT2D eigenvalue weighted by molar-refractivity contribution is 6.02. The van der Waals surface area contributed by atoms with E-state index < -0.39 is 28.4 Å². The summed E-state index contributed by atoms with van der Waals surface area (Å²) in [5, 5.41) is 21.9. The second-order valence-electron chi connectivity index (χ2n) is 6.56. The van der Waals surface area contributed by atoms with Gasteiger partial charge in [-0.3, -0.25) is 19.6 Å². The Balaban J connectivity index is 1.65. The predicted molar refractivity (Wildman–Crippen MR) is 84.6 cm³/mol. The van der Waals surface area contributed by atoms with E-state index in [0.717, 1.165) is 18.8 Å². The lowest BCUT2D eigenvalue weighted by molar-refractivity contribution is -0.825. The molecule has 8 nitrogen and oxygen atoms in total. The second kappa shape index (κ2) is 5.37. The van der Waals surface area contributed by atoms with Gasteiger partial charge >= 0.3 is 5.91 Å². The fourth-order valence-electron chi connectivity index (χ4n) is 3.55. The van der Waals surface area contributed by atoms with Gasteiger partial charge in [0.15, 0.2) is 6.04 Å². The highest BCUT2D eigenvalue weighted by Crippen LogP contribution is 2.38. The number of imide groups is 1. The molecule has 0 bridgehead atoms. The maximum Gasteiger partial charge on any atom is 0.347 e. The number of hydroxylamine groups is 3. The van der Waals surface area contributed by atoms with Gasteiger partial charge in [-0.25, -0.2) is 4.79 Å². The van der Waals surface area contributed by atoms with Crippen molar-refractivity contribution in [2.24, 2.45) is 0 Å². The number of fused-ring (bicyclic) bond motifs is 1. The predicted octanol–water partition coefficient (Wildman–Crippen LogP) is -0.156. The van der Waals surface area contributed by atoms with Gasteiger partial charge in [0.25, 0.3) is 5.91 Å². The molecule has 4 rings (SSSR count). The zero-order valence-electron chi connectivity index (χ0n) is 13.0. The van der Waals surface area contributed by atoms with E-state index in [0.29, 0.717) is 11.1 Å². The van der Waals surface area contributed by atoms with Crippen LogP contribution in [0.5, 0.6) is 0 Å². The van der Waals surface area contributed by atoms with E-state index in [4.69, 9.17) is 0 Å². The normalized spacial score (nSPS) is 29.9. The van der Waals surface area contributed by atoms with Crippen molar-refractivity contribution in [1.29, 1.82) is 0 Å². The van der Waals surface area contributed by atoms with Crippen LogP contribution in [0.1, 0.15) is 28.8 Å². The number of benzene rings is 1. The summed E-state index contributed by atoms with van der Waals surface area (Å²) in [7, 11) is 0. The van der Waals surface area contributed by atoms with Crippen molar-refractivity contribution < 1.29 is 19.0 Å². The van der Waals surface area contributed by atoms with Crippen molar-refractivity contribution in [1.82, 2.24) is 10.6 Å². The Morgan fingerprint density at radius 3 is 2.67 bits per heavy atom. The van der Waals surface area contributed by atoms with Gasteiger partial charge in [0.05, 0.1) is 11.6 Å². The third-order valence-corrected chi connectivity index (χ3v) is 5.00. The molecule has 1 aromatic carbocycles. The number of carbonyl (C=O) groups is 3. The third kappa shape index (κ3) is 2.22. The van der Waals surface area contributed by atoms with Crippen LogP contribution in [-0.4, -0.2) is 47.5 Å². The molecule has 2 unspecified atom stereocenters. The molecule has 2 fully saturated rings. The molecule has 0 saturated carbocycles. The summed E-state index contributed by atoms with van der Waals surface area (Å²) in [6, 6.07) is 4.43. The van der Waals surface area contributed by atoms with E-state index in [1.165, 1.54) is 0 Å². The van der Waals surface area contributed by atoms with Crippen LogP contribution in [0.15, 0.2) is 18.2 Å². The molecule has 126 valence electrons. The Labute approximate surface area is 138 Å². The average Bonchev–Trinajstić information content (AvgIpc) is 2.76. The quantitative estimate of drug-likeness (QED) is 0.404. The summed E-state index contributed by atoms with van der Waals surface area (Å²) in [5.41, 5.74) is 1.80. The van der Waals surface area contributed by atoms with Gasteiger partial charge in [-0.2, -0.15) is 0 Å². The van der Waals surface area contributed by atoms with Gasteiger partial charge in [0, 0.05) is 37.2 Å².